The molecule has 0 atom stereocenters. The van der Waals surface area contributed by atoms with Crippen LogP contribution >= 0.6 is 0 Å². The van der Waals surface area contributed by atoms with Gasteiger partial charge in [0, 0.05) is 44.1 Å². The van der Waals surface area contributed by atoms with Crippen molar-refractivity contribution in [2.75, 3.05) is 24.5 Å². The zero-order chi connectivity index (χ0) is 15.1. The van der Waals surface area contributed by atoms with Crippen LogP contribution in [0.2, 0.25) is 0 Å². The Morgan fingerprint density at radius 3 is 2.62 bits per heavy atom. The number of pyridine rings is 1. The van der Waals surface area contributed by atoms with Crippen molar-refractivity contribution in [2.24, 2.45) is 11.8 Å². The summed E-state index contributed by atoms with van der Waals surface area (Å²) in [6.45, 7) is 7.28. The van der Waals surface area contributed by atoms with E-state index < -0.39 is 0 Å². The molecule has 1 fully saturated rings. The Morgan fingerprint density at radius 1 is 1.33 bits per heavy atom. The highest BCUT2D eigenvalue weighted by Crippen LogP contribution is 2.22. The van der Waals surface area contributed by atoms with Gasteiger partial charge < -0.3 is 10.2 Å². The maximum Gasteiger partial charge on any atom is 0.220 e. The van der Waals surface area contributed by atoms with Gasteiger partial charge in [-0.05, 0) is 43.2 Å². The molecular weight excluding hydrogens is 262 g/mol. The van der Waals surface area contributed by atoms with Crippen LogP contribution in [-0.4, -0.2) is 30.5 Å². The van der Waals surface area contributed by atoms with E-state index in [0.717, 1.165) is 38.9 Å². The van der Waals surface area contributed by atoms with Crippen LogP contribution in [0.15, 0.2) is 24.5 Å². The summed E-state index contributed by atoms with van der Waals surface area (Å²) in [7, 11) is 0. The molecule has 2 heterocycles. The molecule has 2 rings (SSSR count). The fraction of sp³-hybridized carbons (Fsp3) is 0.647. The van der Waals surface area contributed by atoms with Crippen LogP contribution in [0.25, 0.3) is 0 Å². The number of carbonyl (C=O) groups is 1. The summed E-state index contributed by atoms with van der Waals surface area (Å²) < 4.78 is 0. The average Bonchev–Trinajstić information content (AvgIpc) is 2.52. The van der Waals surface area contributed by atoms with Crippen LogP contribution in [0.1, 0.15) is 39.5 Å². The van der Waals surface area contributed by atoms with E-state index in [1.165, 1.54) is 5.69 Å². The smallest absolute Gasteiger partial charge is 0.220 e. The highest BCUT2D eigenvalue weighted by Gasteiger charge is 2.19. The van der Waals surface area contributed by atoms with Gasteiger partial charge in [0.1, 0.15) is 0 Å². The predicted octanol–water partition coefficient (Wildman–Crippen LogP) is 2.85. The van der Waals surface area contributed by atoms with Gasteiger partial charge in [-0.15, -0.1) is 0 Å². The summed E-state index contributed by atoms with van der Waals surface area (Å²) in [6, 6.07) is 4.13. The quantitative estimate of drug-likeness (QED) is 0.876. The van der Waals surface area contributed by atoms with Crippen molar-refractivity contribution < 1.29 is 4.79 Å². The second kappa shape index (κ2) is 8.01. The van der Waals surface area contributed by atoms with Gasteiger partial charge in [0.25, 0.3) is 0 Å². The van der Waals surface area contributed by atoms with Crippen LogP contribution < -0.4 is 10.2 Å². The minimum atomic E-state index is 0.209. The van der Waals surface area contributed by atoms with Crippen LogP contribution in [0.5, 0.6) is 0 Å². The van der Waals surface area contributed by atoms with E-state index in [0.29, 0.717) is 18.3 Å². The SMILES string of the molecule is CC(C)CCC(=O)NCC1CCN(c2ccncc2)CC1. The zero-order valence-corrected chi connectivity index (χ0v) is 13.2. The molecule has 0 unspecified atom stereocenters. The van der Waals surface area contributed by atoms with E-state index in [-0.39, 0.29) is 5.91 Å². The molecule has 4 nitrogen and oxygen atoms in total. The summed E-state index contributed by atoms with van der Waals surface area (Å²) in [6.07, 6.45) is 7.62. The Morgan fingerprint density at radius 2 is 2.00 bits per heavy atom. The summed E-state index contributed by atoms with van der Waals surface area (Å²) in [5.74, 6) is 1.42. The average molecular weight is 289 g/mol. The fourth-order valence-corrected chi connectivity index (χ4v) is 2.72. The number of aromatic nitrogens is 1. The van der Waals surface area contributed by atoms with Gasteiger partial charge in [0.2, 0.25) is 5.91 Å². The van der Waals surface area contributed by atoms with Crippen molar-refractivity contribution in [1.82, 2.24) is 10.3 Å². The number of nitrogens with zero attached hydrogens (tertiary/aromatic N) is 2. The highest BCUT2D eigenvalue weighted by molar-refractivity contribution is 5.75. The molecule has 1 N–H and O–H groups in total. The van der Waals surface area contributed by atoms with E-state index in [1.807, 2.05) is 12.4 Å². The third kappa shape index (κ3) is 5.37. The van der Waals surface area contributed by atoms with E-state index >= 15 is 0 Å². The van der Waals surface area contributed by atoms with Crippen molar-refractivity contribution in [3.63, 3.8) is 0 Å². The lowest BCUT2D eigenvalue weighted by molar-refractivity contribution is -0.121. The third-order valence-electron chi connectivity index (χ3n) is 4.18. The van der Waals surface area contributed by atoms with Crippen molar-refractivity contribution >= 4 is 11.6 Å². The van der Waals surface area contributed by atoms with Gasteiger partial charge in [-0.1, -0.05) is 13.8 Å². The lowest BCUT2D eigenvalue weighted by atomic mass is 9.96. The van der Waals surface area contributed by atoms with E-state index in [1.54, 1.807) is 0 Å². The lowest BCUT2D eigenvalue weighted by Crippen LogP contribution is -2.38. The Kier molecular flexibility index (Phi) is 6.03. The first-order valence-electron chi connectivity index (χ1n) is 8.07. The van der Waals surface area contributed by atoms with Gasteiger partial charge >= 0.3 is 0 Å². The molecule has 1 aromatic heterocycles. The Balaban J connectivity index is 1.66. The molecule has 0 spiro atoms. The maximum absolute atomic E-state index is 11.7. The van der Waals surface area contributed by atoms with Gasteiger partial charge in [-0.3, -0.25) is 9.78 Å². The monoisotopic (exact) mass is 289 g/mol. The molecular formula is C17H27N3O. The van der Waals surface area contributed by atoms with Gasteiger partial charge in [-0.25, -0.2) is 0 Å². The van der Waals surface area contributed by atoms with Gasteiger partial charge in [-0.2, -0.15) is 0 Å². The van der Waals surface area contributed by atoms with Crippen molar-refractivity contribution in [1.29, 1.82) is 0 Å². The highest BCUT2D eigenvalue weighted by atomic mass is 16.1. The molecule has 0 aliphatic carbocycles. The molecule has 1 aliphatic rings. The third-order valence-corrected chi connectivity index (χ3v) is 4.18. The number of carbonyl (C=O) groups excluding carboxylic acids is 1. The molecule has 0 bridgehead atoms. The number of hydrogen-bond donors (Lipinski definition) is 1. The zero-order valence-electron chi connectivity index (χ0n) is 13.2. The number of amides is 1. The molecule has 21 heavy (non-hydrogen) atoms. The lowest BCUT2D eigenvalue weighted by Gasteiger charge is -2.33. The molecule has 1 amide bonds. The Labute approximate surface area is 127 Å². The first-order chi connectivity index (χ1) is 10.1. The largest absolute Gasteiger partial charge is 0.371 e. The Bertz CT molecular complexity index is 425. The number of rotatable bonds is 6. The first kappa shape index (κ1) is 15.8. The van der Waals surface area contributed by atoms with E-state index in [9.17, 15) is 4.79 Å². The maximum atomic E-state index is 11.7. The standard InChI is InChI=1S/C17H27N3O/c1-14(2)3-4-17(21)19-13-15-7-11-20(12-8-15)16-5-9-18-10-6-16/h5-6,9-10,14-15H,3-4,7-8,11-13H2,1-2H3,(H,19,21). The summed E-state index contributed by atoms with van der Waals surface area (Å²) in [4.78, 5) is 18.2. The Hall–Kier alpha value is -1.58. The van der Waals surface area contributed by atoms with Crippen molar-refractivity contribution in [2.45, 2.75) is 39.5 Å². The summed E-state index contributed by atoms with van der Waals surface area (Å²) >= 11 is 0. The molecule has 4 heteroatoms. The summed E-state index contributed by atoms with van der Waals surface area (Å²) in [5, 5.41) is 3.09. The molecule has 1 aliphatic heterocycles. The second-order valence-corrected chi connectivity index (χ2v) is 6.37. The molecule has 1 aromatic rings. The molecule has 0 radical (unpaired) electrons. The van der Waals surface area contributed by atoms with Crippen LogP contribution in [0, 0.1) is 11.8 Å². The van der Waals surface area contributed by atoms with Gasteiger partial charge in [0.05, 0.1) is 0 Å². The van der Waals surface area contributed by atoms with Crippen molar-refractivity contribution in [3.8, 4) is 0 Å². The van der Waals surface area contributed by atoms with Crippen LogP contribution in [0.4, 0.5) is 5.69 Å². The number of anilines is 1. The van der Waals surface area contributed by atoms with Crippen molar-refractivity contribution in [3.05, 3.63) is 24.5 Å². The minimum absolute atomic E-state index is 0.209. The van der Waals surface area contributed by atoms with E-state index in [2.05, 4.69) is 41.2 Å². The minimum Gasteiger partial charge on any atom is -0.371 e. The van der Waals surface area contributed by atoms with Gasteiger partial charge in [0.15, 0.2) is 0 Å². The summed E-state index contributed by atoms with van der Waals surface area (Å²) in [5.41, 5.74) is 1.25. The second-order valence-electron chi connectivity index (χ2n) is 6.37. The van der Waals surface area contributed by atoms with E-state index in [4.69, 9.17) is 0 Å². The molecule has 0 aromatic carbocycles. The van der Waals surface area contributed by atoms with Crippen LogP contribution in [-0.2, 0) is 4.79 Å². The normalized spacial score (nSPS) is 16.2. The molecule has 0 saturated carbocycles. The van der Waals surface area contributed by atoms with Crippen LogP contribution in [0.3, 0.4) is 0 Å². The number of hydrogen-bond acceptors (Lipinski definition) is 3. The predicted molar refractivity (Wildman–Crippen MR) is 86.3 cm³/mol. The molecule has 116 valence electrons. The first-order valence-corrected chi connectivity index (χ1v) is 8.07. The fourth-order valence-electron chi connectivity index (χ4n) is 2.72. The number of piperidine rings is 1. The molecule has 1 saturated heterocycles. The topological polar surface area (TPSA) is 45.2 Å². The number of nitrogens with one attached hydrogen (secondary N) is 1.